The number of aromatic nitrogens is 2. The van der Waals surface area contributed by atoms with Gasteiger partial charge < -0.3 is 0 Å². The molecule has 1 aromatic heterocycles. The van der Waals surface area contributed by atoms with Gasteiger partial charge in [-0.2, -0.15) is 0 Å². The molecule has 0 spiro atoms. The van der Waals surface area contributed by atoms with Crippen LogP contribution in [-0.4, -0.2) is 9.97 Å². The summed E-state index contributed by atoms with van der Waals surface area (Å²) in [4.78, 5) is 10.9. The van der Waals surface area contributed by atoms with Crippen LogP contribution in [-0.2, 0) is 5.41 Å². The smallest absolute Gasteiger partial charge is 0.161 e. The molecule has 0 N–H and O–H groups in total. The highest BCUT2D eigenvalue weighted by Gasteiger charge is 2.37. The summed E-state index contributed by atoms with van der Waals surface area (Å²) >= 11 is 0. The Kier molecular flexibility index (Phi) is 8.86. The van der Waals surface area contributed by atoms with Gasteiger partial charge in [-0.05, 0) is 102 Å². The number of fused-ring (bicyclic) bond motifs is 4. The predicted molar refractivity (Wildman–Crippen MR) is 255 cm³/mol. The summed E-state index contributed by atoms with van der Waals surface area (Å²) in [7, 11) is 0. The fourth-order valence-corrected chi connectivity index (χ4v) is 9.49. The second-order valence-electron chi connectivity index (χ2n) is 16.5. The number of rotatable bonds is 7. The number of nitrogens with zero attached hydrogens (tertiary/aromatic N) is 2. The van der Waals surface area contributed by atoms with Gasteiger partial charge in [0.1, 0.15) is 0 Å². The van der Waals surface area contributed by atoms with Crippen molar-refractivity contribution < 1.29 is 0 Å². The van der Waals surface area contributed by atoms with Crippen molar-refractivity contribution in [1.82, 2.24) is 9.97 Å². The molecule has 1 heterocycles. The zero-order valence-corrected chi connectivity index (χ0v) is 34.2. The van der Waals surface area contributed by atoms with E-state index in [2.05, 4.69) is 232 Å². The van der Waals surface area contributed by atoms with Gasteiger partial charge in [-0.1, -0.05) is 208 Å². The molecule has 0 aliphatic heterocycles. The molecule has 0 unspecified atom stereocenters. The number of hydrogen-bond donors (Lipinski definition) is 0. The highest BCUT2D eigenvalue weighted by atomic mass is 14.9. The van der Waals surface area contributed by atoms with Crippen molar-refractivity contribution in [2.24, 2.45) is 0 Å². The Balaban J connectivity index is 1.09. The highest BCUT2D eigenvalue weighted by Crippen LogP contribution is 2.53. The Labute approximate surface area is 357 Å². The minimum Gasteiger partial charge on any atom is -0.228 e. The third kappa shape index (κ3) is 6.36. The van der Waals surface area contributed by atoms with Gasteiger partial charge in [0.15, 0.2) is 5.82 Å². The van der Waals surface area contributed by atoms with Crippen LogP contribution in [0.1, 0.15) is 25.0 Å². The highest BCUT2D eigenvalue weighted by molar-refractivity contribution is 5.99. The fraction of sp³-hybridized carbons (Fsp3) is 0.0508. The second kappa shape index (κ2) is 14.9. The van der Waals surface area contributed by atoms with Crippen LogP contribution >= 0.6 is 0 Å². The molecule has 1 aliphatic rings. The first-order valence-electron chi connectivity index (χ1n) is 21.1. The van der Waals surface area contributed by atoms with Crippen LogP contribution in [0.5, 0.6) is 0 Å². The van der Waals surface area contributed by atoms with E-state index in [0.717, 1.165) is 61.5 Å². The van der Waals surface area contributed by atoms with Crippen molar-refractivity contribution in [1.29, 1.82) is 0 Å². The Hall–Kier alpha value is -7.68. The Bertz CT molecular complexity index is 3170. The van der Waals surface area contributed by atoms with Crippen LogP contribution in [0.3, 0.4) is 0 Å². The zero-order chi connectivity index (χ0) is 40.9. The molecule has 0 bridgehead atoms. The minimum absolute atomic E-state index is 0.118. The van der Waals surface area contributed by atoms with Crippen molar-refractivity contribution in [2.45, 2.75) is 19.3 Å². The molecule has 0 fully saturated rings. The van der Waals surface area contributed by atoms with E-state index >= 15 is 0 Å². The third-order valence-electron chi connectivity index (χ3n) is 12.5. The summed E-state index contributed by atoms with van der Waals surface area (Å²) in [5.74, 6) is 0.683. The molecule has 288 valence electrons. The van der Waals surface area contributed by atoms with Crippen molar-refractivity contribution in [2.75, 3.05) is 0 Å². The Morgan fingerprint density at radius 1 is 0.295 bits per heavy atom. The van der Waals surface area contributed by atoms with Crippen molar-refractivity contribution in [3.8, 4) is 89.5 Å². The monoisotopic (exact) mass is 778 g/mol. The lowest BCUT2D eigenvalue weighted by molar-refractivity contribution is 0.661. The first kappa shape index (κ1) is 36.4. The zero-order valence-electron chi connectivity index (χ0n) is 34.2. The van der Waals surface area contributed by atoms with Crippen LogP contribution in [0.25, 0.3) is 100 Å². The van der Waals surface area contributed by atoms with E-state index in [-0.39, 0.29) is 5.41 Å². The van der Waals surface area contributed by atoms with Gasteiger partial charge in [-0.15, -0.1) is 0 Å². The van der Waals surface area contributed by atoms with E-state index < -0.39 is 0 Å². The van der Waals surface area contributed by atoms with Crippen LogP contribution in [0.15, 0.2) is 218 Å². The van der Waals surface area contributed by atoms with Crippen molar-refractivity contribution in [3.05, 3.63) is 230 Å². The summed E-state index contributed by atoms with van der Waals surface area (Å²) in [5, 5.41) is 2.55. The Morgan fingerprint density at radius 2 is 0.721 bits per heavy atom. The molecular formula is C59H42N2. The van der Waals surface area contributed by atoms with Gasteiger partial charge in [0.25, 0.3) is 0 Å². The van der Waals surface area contributed by atoms with E-state index in [0.29, 0.717) is 5.82 Å². The number of hydrogen-bond acceptors (Lipinski definition) is 2. The summed E-state index contributed by atoms with van der Waals surface area (Å²) in [6.07, 6.45) is 0. The van der Waals surface area contributed by atoms with E-state index in [1.807, 2.05) is 0 Å². The summed E-state index contributed by atoms with van der Waals surface area (Å²) < 4.78 is 0. The lowest BCUT2D eigenvalue weighted by Gasteiger charge is -2.22. The molecular weight excluding hydrogens is 737 g/mol. The van der Waals surface area contributed by atoms with Gasteiger partial charge in [-0.25, -0.2) is 9.97 Å². The molecule has 0 atom stereocenters. The van der Waals surface area contributed by atoms with Crippen molar-refractivity contribution in [3.63, 3.8) is 0 Å². The van der Waals surface area contributed by atoms with Crippen LogP contribution < -0.4 is 0 Å². The maximum Gasteiger partial charge on any atom is 0.161 e. The fourth-order valence-electron chi connectivity index (χ4n) is 9.49. The van der Waals surface area contributed by atoms with E-state index in [4.69, 9.17) is 9.97 Å². The lowest BCUT2D eigenvalue weighted by Crippen LogP contribution is -2.14. The van der Waals surface area contributed by atoms with Crippen LogP contribution in [0.2, 0.25) is 0 Å². The third-order valence-corrected chi connectivity index (χ3v) is 12.5. The van der Waals surface area contributed by atoms with Gasteiger partial charge in [0.05, 0.1) is 11.4 Å². The molecule has 0 amide bonds. The standard InChI is InChI=1S/C59H42N2/c1-59(2)53-34-18-33-48(57(53)52-36-41-23-9-10-24-42(41)37-54(52)59)44-26-17-25-43(35-44)47-29-13-16-32-51(47)58-60-55(49-30-14-11-27-45(49)39-19-5-3-6-20-39)38-56(61-58)50-31-15-12-28-46(50)40-21-7-4-8-22-40/h3-38H,1-2H3. The summed E-state index contributed by atoms with van der Waals surface area (Å²) in [5.41, 5.74) is 19.3. The van der Waals surface area contributed by atoms with Crippen molar-refractivity contribution >= 4 is 10.8 Å². The predicted octanol–water partition coefficient (Wildman–Crippen LogP) is 15.6. The first-order chi connectivity index (χ1) is 30.0. The molecule has 2 heteroatoms. The topological polar surface area (TPSA) is 25.8 Å². The molecule has 2 nitrogen and oxygen atoms in total. The first-order valence-corrected chi connectivity index (χ1v) is 21.1. The maximum absolute atomic E-state index is 5.46. The minimum atomic E-state index is -0.118. The normalized spacial score (nSPS) is 12.6. The molecule has 0 saturated heterocycles. The second-order valence-corrected chi connectivity index (χ2v) is 16.5. The summed E-state index contributed by atoms with van der Waals surface area (Å²) in [6, 6.07) is 78.4. The molecule has 1 aliphatic carbocycles. The molecule has 10 aromatic rings. The van der Waals surface area contributed by atoms with Gasteiger partial charge in [-0.3, -0.25) is 0 Å². The molecule has 0 radical (unpaired) electrons. The van der Waals surface area contributed by atoms with Crippen LogP contribution in [0, 0.1) is 0 Å². The average Bonchev–Trinajstić information content (AvgIpc) is 3.56. The van der Waals surface area contributed by atoms with E-state index in [9.17, 15) is 0 Å². The van der Waals surface area contributed by atoms with Gasteiger partial charge in [0.2, 0.25) is 0 Å². The average molecular weight is 779 g/mol. The van der Waals surface area contributed by atoms with E-state index in [1.165, 1.54) is 44.2 Å². The maximum atomic E-state index is 5.46. The van der Waals surface area contributed by atoms with Gasteiger partial charge >= 0.3 is 0 Å². The molecule has 0 saturated carbocycles. The largest absolute Gasteiger partial charge is 0.228 e. The lowest BCUT2D eigenvalue weighted by atomic mass is 9.81. The van der Waals surface area contributed by atoms with Gasteiger partial charge in [0, 0.05) is 22.1 Å². The molecule has 11 rings (SSSR count). The Morgan fingerprint density at radius 3 is 1.31 bits per heavy atom. The summed E-state index contributed by atoms with van der Waals surface area (Å²) in [6.45, 7) is 4.73. The number of benzene rings is 9. The molecule has 61 heavy (non-hydrogen) atoms. The SMILES string of the molecule is CC1(C)c2cc3ccccc3cc2-c2c(-c3cccc(-c4ccccc4-c4nc(-c5ccccc5-c5ccccc5)cc(-c5ccccc5-c5ccccc5)n4)c3)cccc21. The quantitative estimate of drug-likeness (QED) is 0.161. The molecule has 9 aromatic carbocycles. The van der Waals surface area contributed by atoms with Crippen LogP contribution in [0.4, 0.5) is 0 Å². The van der Waals surface area contributed by atoms with E-state index in [1.54, 1.807) is 0 Å².